The van der Waals surface area contributed by atoms with Gasteiger partial charge in [0.2, 0.25) is 0 Å². The molecule has 0 aliphatic rings. The number of azo groups is 1. The minimum absolute atomic E-state index is 0.0780. The summed E-state index contributed by atoms with van der Waals surface area (Å²) in [5.74, 6) is 0. The molecule has 0 amide bonds. The first-order chi connectivity index (χ1) is 10.0. The second-order valence-corrected chi connectivity index (χ2v) is 4.29. The van der Waals surface area contributed by atoms with E-state index < -0.39 is 35.1 Å². The van der Waals surface area contributed by atoms with Gasteiger partial charge < -0.3 is 0 Å². The van der Waals surface area contributed by atoms with E-state index in [-0.39, 0.29) is 11.4 Å². The molecule has 2 N–H and O–H groups in total. The average molecular weight is 326 g/mol. The summed E-state index contributed by atoms with van der Waals surface area (Å²) >= 11 is 0. The second-order valence-electron chi connectivity index (χ2n) is 4.29. The van der Waals surface area contributed by atoms with Crippen LogP contribution in [0.3, 0.4) is 0 Å². The maximum atomic E-state index is 12.7. The Morgan fingerprint density at radius 3 is 1.32 bits per heavy atom. The third-order valence-electron chi connectivity index (χ3n) is 2.62. The van der Waals surface area contributed by atoms with Crippen LogP contribution in [-0.4, -0.2) is 20.4 Å². The van der Waals surface area contributed by atoms with Crippen molar-refractivity contribution in [3.63, 3.8) is 0 Å². The number of hydrogen-bond donors (Lipinski definition) is 2. The Balaban J connectivity index is 2.47. The molecule has 2 aromatic rings. The van der Waals surface area contributed by atoms with Crippen molar-refractivity contribution in [2.75, 3.05) is 0 Å². The van der Waals surface area contributed by atoms with Crippen molar-refractivity contribution >= 4 is 11.4 Å². The molecular formula is C10H8F6N6. The van der Waals surface area contributed by atoms with Crippen molar-refractivity contribution in [2.24, 2.45) is 10.2 Å². The highest BCUT2D eigenvalue weighted by Crippen LogP contribution is 2.39. The number of H-pyrrole nitrogens is 2. The molecule has 0 bridgehead atoms. The minimum atomic E-state index is -4.81. The Morgan fingerprint density at radius 1 is 0.727 bits per heavy atom. The van der Waals surface area contributed by atoms with Crippen molar-refractivity contribution in [1.29, 1.82) is 0 Å². The minimum Gasteiger partial charge on any atom is -0.280 e. The van der Waals surface area contributed by atoms with Crippen molar-refractivity contribution in [1.82, 2.24) is 20.4 Å². The fourth-order valence-electron chi connectivity index (χ4n) is 1.59. The fraction of sp³-hybridized carbons (Fsp3) is 0.400. The van der Waals surface area contributed by atoms with E-state index >= 15 is 0 Å². The van der Waals surface area contributed by atoms with Gasteiger partial charge in [-0.2, -0.15) is 36.5 Å². The lowest BCUT2D eigenvalue weighted by Gasteiger charge is -2.04. The molecule has 0 aliphatic heterocycles. The predicted molar refractivity (Wildman–Crippen MR) is 60.8 cm³/mol. The zero-order valence-corrected chi connectivity index (χ0v) is 11.1. The van der Waals surface area contributed by atoms with Gasteiger partial charge in [-0.3, -0.25) is 10.2 Å². The van der Waals surface area contributed by atoms with Gasteiger partial charge in [0.15, 0.2) is 11.4 Å². The molecule has 0 fully saturated rings. The quantitative estimate of drug-likeness (QED) is 0.640. The highest BCUT2D eigenvalue weighted by atomic mass is 19.4. The van der Waals surface area contributed by atoms with Gasteiger partial charge in [-0.05, 0) is 13.8 Å². The summed E-state index contributed by atoms with van der Waals surface area (Å²) in [7, 11) is 0. The number of nitrogens with zero attached hydrogens (tertiary/aromatic N) is 4. The number of aromatic nitrogens is 4. The summed E-state index contributed by atoms with van der Waals surface area (Å²) in [4.78, 5) is 0. The highest BCUT2D eigenvalue weighted by molar-refractivity contribution is 5.51. The van der Waals surface area contributed by atoms with Crippen molar-refractivity contribution in [2.45, 2.75) is 26.2 Å². The Hall–Kier alpha value is -2.40. The summed E-state index contributed by atoms with van der Waals surface area (Å²) in [5.41, 5.74) is -4.23. The number of aromatic amines is 2. The van der Waals surface area contributed by atoms with Crippen LogP contribution in [0, 0.1) is 13.8 Å². The molecule has 22 heavy (non-hydrogen) atoms. The highest BCUT2D eigenvalue weighted by Gasteiger charge is 2.39. The molecule has 2 heterocycles. The Morgan fingerprint density at radius 2 is 1.05 bits per heavy atom. The predicted octanol–water partition coefficient (Wildman–Crippen LogP) is 4.20. The Bertz CT molecular complexity index is 646. The molecule has 12 heteroatoms. The molecule has 0 aromatic carbocycles. The molecular weight excluding hydrogens is 318 g/mol. The lowest BCUT2D eigenvalue weighted by molar-refractivity contribution is -0.141. The molecule has 0 radical (unpaired) electrons. The van der Waals surface area contributed by atoms with Crippen molar-refractivity contribution < 1.29 is 26.3 Å². The first-order valence-electron chi connectivity index (χ1n) is 5.68. The van der Waals surface area contributed by atoms with E-state index in [1.165, 1.54) is 13.8 Å². The summed E-state index contributed by atoms with van der Waals surface area (Å²) in [5, 5.41) is 16.7. The van der Waals surface area contributed by atoms with Crippen LogP contribution in [0.4, 0.5) is 37.7 Å². The van der Waals surface area contributed by atoms with E-state index in [0.29, 0.717) is 0 Å². The van der Waals surface area contributed by atoms with Gasteiger partial charge in [-0.1, -0.05) is 0 Å². The smallest absolute Gasteiger partial charge is 0.280 e. The van der Waals surface area contributed by atoms with Crippen molar-refractivity contribution in [3.8, 4) is 0 Å². The van der Waals surface area contributed by atoms with E-state index in [9.17, 15) is 26.3 Å². The average Bonchev–Trinajstić information content (AvgIpc) is 2.89. The van der Waals surface area contributed by atoms with Crippen LogP contribution in [0.5, 0.6) is 0 Å². The molecule has 0 spiro atoms. The van der Waals surface area contributed by atoms with Gasteiger partial charge in [-0.15, -0.1) is 10.2 Å². The monoisotopic (exact) mass is 326 g/mol. The molecule has 0 saturated heterocycles. The first kappa shape index (κ1) is 16.0. The van der Waals surface area contributed by atoms with Gasteiger partial charge in [0.05, 0.1) is 11.4 Å². The third kappa shape index (κ3) is 2.94. The SMILES string of the molecule is Cc1[nH]nc(C(F)(F)F)c1N=Nc1c(C(F)(F)F)n[nH]c1C. The molecule has 0 saturated carbocycles. The summed E-state index contributed by atoms with van der Waals surface area (Å²) in [6.45, 7) is 2.48. The van der Waals surface area contributed by atoms with E-state index in [1.54, 1.807) is 0 Å². The summed E-state index contributed by atoms with van der Waals surface area (Å²) in [6, 6.07) is 0. The molecule has 0 unspecified atom stereocenters. The number of halogens is 6. The van der Waals surface area contributed by atoms with Crippen LogP contribution in [0.15, 0.2) is 10.2 Å². The molecule has 6 nitrogen and oxygen atoms in total. The van der Waals surface area contributed by atoms with Gasteiger partial charge in [0, 0.05) is 0 Å². The van der Waals surface area contributed by atoms with Gasteiger partial charge >= 0.3 is 12.4 Å². The third-order valence-corrected chi connectivity index (χ3v) is 2.62. The zero-order valence-electron chi connectivity index (χ0n) is 11.1. The number of rotatable bonds is 2. The zero-order chi connectivity index (χ0) is 16.7. The lowest BCUT2D eigenvalue weighted by atomic mass is 10.3. The fourth-order valence-corrected chi connectivity index (χ4v) is 1.59. The number of alkyl halides is 6. The Kier molecular flexibility index (Phi) is 3.71. The Labute approximate surface area is 118 Å². The van der Waals surface area contributed by atoms with Gasteiger partial charge in [-0.25, -0.2) is 0 Å². The maximum Gasteiger partial charge on any atom is 0.437 e. The maximum absolute atomic E-state index is 12.7. The number of nitrogens with one attached hydrogen (secondary N) is 2. The standard InChI is InChI=1S/C10H8F6N6/c1-3-5(7(21-17-3)9(11,12)13)19-20-6-4(2)18-22-8(6)10(14,15)16/h1-2H3,(H,17,21)(H,18,22). The van der Waals surface area contributed by atoms with Crippen LogP contribution >= 0.6 is 0 Å². The van der Waals surface area contributed by atoms with Gasteiger partial charge in [0.1, 0.15) is 11.4 Å². The van der Waals surface area contributed by atoms with E-state index in [1.807, 2.05) is 0 Å². The van der Waals surface area contributed by atoms with E-state index in [0.717, 1.165) is 0 Å². The topological polar surface area (TPSA) is 82.1 Å². The van der Waals surface area contributed by atoms with Crippen LogP contribution in [-0.2, 0) is 12.4 Å². The number of aryl methyl sites for hydroxylation is 2. The van der Waals surface area contributed by atoms with Gasteiger partial charge in [0.25, 0.3) is 0 Å². The molecule has 2 rings (SSSR count). The molecule has 120 valence electrons. The normalized spacial score (nSPS) is 13.3. The lowest BCUT2D eigenvalue weighted by Crippen LogP contribution is -2.06. The van der Waals surface area contributed by atoms with E-state index in [2.05, 4.69) is 30.6 Å². The second kappa shape index (κ2) is 5.10. The molecule has 0 aliphatic carbocycles. The van der Waals surface area contributed by atoms with Crippen LogP contribution in [0.25, 0.3) is 0 Å². The van der Waals surface area contributed by atoms with E-state index in [4.69, 9.17) is 0 Å². The van der Waals surface area contributed by atoms with Crippen LogP contribution in [0.1, 0.15) is 22.8 Å². The van der Waals surface area contributed by atoms with Crippen LogP contribution < -0.4 is 0 Å². The molecule has 0 atom stereocenters. The first-order valence-corrected chi connectivity index (χ1v) is 5.68. The van der Waals surface area contributed by atoms with Crippen LogP contribution in [0.2, 0.25) is 0 Å². The molecule has 2 aromatic heterocycles. The largest absolute Gasteiger partial charge is 0.437 e. The van der Waals surface area contributed by atoms with Crippen molar-refractivity contribution in [3.05, 3.63) is 22.8 Å². The number of hydrogen-bond acceptors (Lipinski definition) is 4. The summed E-state index contributed by atoms with van der Waals surface area (Å²) < 4.78 is 76.2. The summed E-state index contributed by atoms with van der Waals surface area (Å²) in [6.07, 6.45) is -9.62.